The zero-order chi connectivity index (χ0) is 16.2. The summed E-state index contributed by atoms with van der Waals surface area (Å²) in [5, 5.41) is 5.74. The van der Waals surface area contributed by atoms with E-state index < -0.39 is 6.03 Å². The van der Waals surface area contributed by atoms with Gasteiger partial charge in [-0.25, -0.2) is 9.78 Å². The molecule has 1 aliphatic heterocycles. The molecule has 1 aromatic heterocycles. The molecule has 3 amide bonds. The standard InChI is InChI=1S/C16H18N4O2S/c1-11-9-18-16(23-11)19-15(22)17-10-14(21)20-8-4-6-12-5-2-3-7-13(12)20/h2-3,5,7,9H,4,6,8,10H2,1H3,(H2,17,18,19,22). The average molecular weight is 330 g/mol. The number of aryl methyl sites for hydroxylation is 2. The van der Waals surface area contributed by atoms with Gasteiger partial charge >= 0.3 is 6.03 Å². The van der Waals surface area contributed by atoms with Gasteiger partial charge in [-0.15, -0.1) is 11.3 Å². The van der Waals surface area contributed by atoms with E-state index in [0.717, 1.165) is 23.4 Å². The van der Waals surface area contributed by atoms with Crippen LogP contribution in [-0.2, 0) is 11.2 Å². The van der Waals surface area contributed by atoms with Crippen LogP contribution < -0.4 is 15.5 Å². The van der Waals surface area contributed by atoms with Gasteiger partial charge in [0, 0.05) is 23.3 Å². The molecule has 0 unspecified atom stereocenters. The molecule has 0 bridgehead atoms. The third-order valence-electron chi connectivity index (χ3n) is 3.65. The van der Waals surface area contributed by atoms with Crippen LogP contribution in [0.3, 0.4) is 0 Å². The van der Waals surface area contributed by atoms with Crippen LogP contribution in [0.5, 0.6) is 0 Å². The van der Waals surface area contributed by atoms with Crippen LogP contribution in [0.1, 0.15) is 16.9 Å². The van der Waals surface area contributed by atoms with Crippen LogP contribution in [0, 0.1) is 6.92 Å². The lowest BCUT2D eigenvalue weighted by Gasteiger charge is -2.29. The number of thiazole rings is 1. The van der Waals surface area contributed by atoms with E-state index in [-0.39, 0.29) is 12.5 Å². The van der Waals surface area contributed by atoms with Crippen LogP contribution in [0.15, 0.2) is 30.5 Å². The Morgan fingerprint density at radius 2 is 2.17 bits per heavy atom. The minimum Gasteiger partial charge on any atom is -0.329 e. The summed E-state index contributed by atoms with van der Waals surface area (Å²) in [6, 6.07) is 7.48. The maximum Gasteiger partial charge on any atom is 0.321 e. The van der Waals surface area contributed by atoms with Crippen LogP contribution in [0.2, 0.25) is 0 Å². The first-order chi connectivity index (χ1) is 11.1. The van der Waals surface area contributed by atoms with E-state index in [4.69, 9.17) is 0 Å². The molecule has 1 aliphatic rings. The fourth-order valence-electron chi connectivity index (χ4n) is 2.60. The smallest absolute Gasteiger partial charge is 0.321 e. The highest BCUT2D eigenvalue weighted by atomic mass is 32.1. The van der Waals surface area contributed by atoms with E-state index in [2.05, 4.69) is 15.6 Å². The normalized spacial score (nSPS) is 13.3. The zero-order valence-electron chi connectivity index (χ0n) is 12.8. The Bertz CT molecular complexity index is 728. The molecule has 120 valence electrons. The van der Waals surface area contributed by atoms with Gasteiger partial charge in [-0.05, 0) is 31.4 Å². The second-order valence-electron chi connectivity index (χ2n) is 5.36. The molecule has 0 saturated heterocycles. The van der Waals surface area contributed by atoms with E-state index in [1.807, 2.05) is 31.2 Å². The van der Waals surface area contributed by atoms with Crippen molar-refractivity contribution in [2.75, 3.05) is 23.3 Å². The lowest BCUT2D eigenvalue weighted by atomic mass is 10.0. The molecule has 2 heterocycles. The largest absolute Gasteiger partial charge is 0.329 e. The Morgan fingerprint density at radius 3 is 2.96 bits per heavy atom. The molecular formula is C16H18N4O2S. The lowest BCUT2D eigenvalue weighted by Crippen LogP contribution is -2.43. The van der Waals surface area contributed by atoms with Crippen molar-refractivity contribution in [2.24, 2.45) is 0 Å². The molecule has 1 aromatic carbocycles. The van der Waals surface area contributed by atoms with Crippen molar-refractivity contribution >= 4 is 34.1 Å². The number of anilines is 2. The molecule has 0 saturated carbocycles. The minimum absolute atomic E-state index is 0.0372. The van der Waals surface area contributed by atoms with Crippen molar-refractivity contribution in [1.82, 2.24) is 10.3 Å². The third kappa shape index (κ3) is 3.68. The summed E-state index contributed by atoms with van der Waals surface area (Å²) < 4.78 is 0. The van der Waals surface area contributed by atoms with Crippen LogP contribution in [-0.4, -0.2) is 30.0 Å². The number of hydrogen-bond donors (Lipinski definition) is 2. The first-order valence-electron chi connectivity index (χ1n) is 7.49. The summed E-state index contributed by atoms with van der Waals surface area (Å²) in [5.74, 6) is -0.109. The number of nitrogens with zero attached hydrogens (tertiary/aromatic N) is 2. The molecule has 0 radical (unpaired) electrons. The van der Waals surface area contributed by atoms with E-state index in [1.54, 1.807) is 11.1 Å². The Hall–Kier alpha value is -2.41. The second-order valence-corrected chi connectivity index (χ2v) is 6.60. The molecule has 6 nitrogen and oxygen atoms in total. The van der Waals surface area contributed by atoms with Crippen molar-refractivity contribution in [3.05, 3.63) is 40.9 Å². The van der Waals surface area contributed by atoms with E-state index in [0.29, 0.717) is 11.7 Å². The number of aromatic nitrogens is 1. The fraction of sp³-hybridized carbons (Fsp3) is 0.312. The number of hydrogen-bond acceptors (Lipinski definition) is 4. The number of carbonyl (C=O) groups excluding carboxylic acids is 2. The zero-order valence-corrected chi connectivity index (χ0v) is 13.7. The van der Waals surface area contributed by atoms with Crippen molar-refractivity contribution in [2.45, 2.75) is 19.8 Å². The van der Waals surface area contributed by atoms with Crippen LogP contribution in [0.4, 0.5) is 15.6 Å². The highest BCUT2D eigenvalue weighted by Gasteiger charge is 2.22. The maximum absolute atomic E-state index is 12.4. The summed E-state index contributed by atoms with van der Waals surface area (Å²) in [6.45, 7) is 2.56. The first kappa shape index (κ1) is 15.5. The molecule has 2 aromatic rings. The average Bonchev–Trinajstić information content (AvgIpc) is 2.97. The Balaban J connectivity index is 1.57. The van der Waals surface area contributed by atoms with E-state index in [9.17, 15) is 9.59 Å². The molecule has 7 heteroatoms. The van der Waals surface area contributed by atoms with Gasteiger partial charge in [0.25, 0.3) is 0 Å². The summed E-state index contributed by atoms with van der Waals surface area (Å²) >= 11 is 1.39. The van der Waals surface area contributed by atoms with Gasteiger partial charge in [0.2, 0.25) is 5.91 Å². The molecule has 0 spiro atoms. The minimum atomic E-state index is -0.419. The topological polar surface area (TPSA) is 74.3 Å². The number of para-hydroxylation sites is 1. The lowest BCUT2D eigenvalue weighted by molar-refractivity contribution is -0.117. The van der Waals surface area contributed by atoms with Crippen LogP contribution >= 0.6 is 11.3 Å². The van der Waals surface area contributed by atoms with Gasteiger partial charge in [-0.1, -0.05) is 18.2 Å². The van der Waals surface area contributed by atoms with Crippen molar-refractivity contribution in [1.29, 1.82) is 0 Å². The highest BCUT2D eigenvalue weighted by Crippen LogP contribution is 2.26. The quantitative estimate of drug-likeness (QED) is 0.908. The number of benzene rings is 1. The van der Waals surface area contributed by atoms with Crippen LogP contribution in [0.25, 0.3) is 0 Å². The van der Waals surface area contributed by atoms with Gasteiger partial charge < -0.3 is 10.2 Å². The Kier molecular flexibility index (Phi) is 4.57. The number of urea groups is 1. The van der Waals surface area contributed by atoms with Crippen molar-refractivity contribution in [3.63, 3.8) is 0 Å². The van der Waals surface area contributed by atoms with E-state index >= 15 is 0 Å². The number of amides is 3. The highest BCUT2D eigenvalue weighted by molar-refractivity contribution is 7.15. The number of rotatable bonds is 3. The molecule has 3 rings (SSSR count). The third-order valence-corrected chi connectivity index (χ3v) is 4.48. The molecule has 0 fully saturated rings. The summed E-state index contributed by atoms with van der Waals surface area (Å²) in [4.78, 5) is 31.0. The SMILES string of the molecule is Cc1cnc(NC(=O)NCC(=O)N2CCCc3ccccc32)s1. The number of nitrogens with one attached hydrogen (secondary N) is 2. The Labute approximate surface area is 138 Å². The monoisotopic (exact) mass is 330 g/mol. The molecular weight excluding hydrogens is 312 g/mol. The van der Waals surface area contributed by atoms with E-state index in [1.165, 1.54) is 16.9 Å². The molecule has 0 atom stereocenters. The summed E-state index contributed by atoms with van der Waals surface area (Å²) in [5.41, 5.74) is 2.12. The predicted octanol–water partition coefficient (Wildman–Crippen LogP) is 2.55. The van der Waals surface area contributed by atoms with Gasteiger partial charge in [-0.3, -0.25) is 10.1 Å². The van der Waals surface area contributed by atoms with Gasteiger partial charge in [0.1, 0.15) is 0 Å². The molecule has 2 N–H and O–H groups in total. The second kappa shape index (κ2) is 6.78. The van der Waals surface area contributed by atoms with Crippen molar-refractivity contribution < 1.29 is 9.59 Å². The summed E-state index contributed by atoms with van der Waals surface area (Å²) in [7, 11) is 0. The Morgan fingerprint density at radius 1 is 1.35 bits per heavy atom. The molecule has 0 aliphatic carbocycles. The summed E-state index contributed by atoms with van der Waals surface area (Å²) in [6.07, 6.45) is 3.61. The van der Waals surface area contributed by atoms with Gasteiger partial charge in [-0.2, -0.15) is 0 Å². The van der Waals surface area contributed by atoms with Gasteiger partial charge in [0.05, 0.1) is 6.54 Å². The fourth-order valence-corrected chi connectivity index (χ4v) is 3.26. The first-order valence-corrected chi connectivity index (χ1v) is 8.30. The number of fused-ring (bicyclic) bond motifs is 1. The number of carbonyl (C=O) groups is 2. The molecule has 23 heavy (non-hydrogen) atoms. The maximum atomic E-state index is 12.4. The predicted molar refractivity (Wildman–Crippen MR) is 91.0 cm³/mol. The van der Waals surface area contributed by atoms with Gasteiger partial charge in [0.15, 0.2) is 5.13 Å². The van der Waals surface area contributed by atoms with Crippen molar-refractivity contribution in [3.8, 4) is 0 Å².